The number of ether oxygens (including phenoxy) is 1. The Hall–Kier alpha value is -4.21. The van der Waals surface area contributed by atoms with Crippen LogP contribution in [0.4, 0.5) is 0 Å². The summed E-state index contributed by atoms with van der Waals surface area (Å²) in [6, 6.07) is 12.0. The van der Waals surface area contributed by atoms with Crippen LogP contribution >= 0.6 is 0 Å². The highest BCUT2D eigenvalue weighted by atomic mass is 16.5. The zero-order chi connectivity index (χ0) is 20.3. The minimum Gasteiger partial charge on any atom is -0.468 e. The number of rotatable bonds is 6. The van der Waals surface area contributed by atoms with Crippen LogP contribution in [-0.2, 0) is 20.1 Å². The van der Waals surface area contributed by atoms with Gasteiger partial charge in [-0.05, 0) is 11.6 Å². The molecule has 1 aromatic carbocycles. The van der Waals surface area contributed by atoms with Gasteiger partial charge in [-0.15, -0.1) is 15.3 Å². The van der Waals surface area contributed by atoms with Gasteiger partial charge in [-0.1, -0.05) is 30.3 Å². The number of benzene rings is 1. The van der Waals surface area contributed by atoms with E-state index >= 15 is 0 Å². The van der Waals surface area contributed by atoms with E-state index < -0.39 is 0 Å². The van der Waals surface area contributed by atoms with Gasteiger partial charge in [0, 0.05) is 31.4 Å². The lowest BCUT2D eigenvalue weighted by Crippen LogP contribution is -2.09. The van der Waals surface area contributed by atoms with Crippen molar-refractivity contribution in [1.82, 2.24) is 44.5 Å². The molecular weight excluding hydrogens is 382 g/mol. The third-order valence-electron chi connectivity index (χ3n) is 4.61. The molecule has 5 rings (SSSR count). The Morgan fingerprint density at radius 1 is 1.03 bits per heavy atom. The molecule has 30 heavy (non-hydrogen) atoms. The Labute approximate surface area is 171 Å². The normalized spacial score (nSPS) is 11.1. The monoisotopic (exact) mass is 399 g/mol. The van der Waals surface area contributed by atoms with Crippen LogP contribution in [0.2, 0.25) is 0 Å². The van der Waals surface area contributed by atoms with Gasteiger partial charge in [-0.2, -0.15) is 9.61 Å². The van der Waals surface area contributed by atoms with Gasteiger partial charge in [0.1, 0.15) is 18.6 Å². The lowest BCUT2D eigenvalue weighted by atomic mass is 10.1. The topological polar surface area (TPSA) is 109 Å². The number of aromatic nitrogens is 9. The molecule has 0 radical (unpaired) electrons. The van der Waals surface area contributed by atoms with E-state index in [-0.39, 0.29) is 6.61 Å². The summed E-state index contributed by atoms with van der Waals surface area (Å²) in [5.74, 6) is 1.66. The minimum absolute atomic E-state index is 0.236. The SMILES string of the molecule is Cn1ncnc1COc1nn2c(-c3cnccn3)nnc2cc1Cc1ccccc1. The molecule has 148 valence electrons. The molecular formula is C20H17N9O. The van der Waals surface area contributed by atoms with Crippen LogP contribution in [0.1, 0.15) is 17.0 Å². The Kier molecular flexibility index (Phi) is 4.56. The summed E-state index contributed by atoms with van der Waals surface area (Å²) in [7, 11) is 1.82. The van der Waals surface area contributed by atoms with Crippen molar-refractivity contribution in [3.63, 3.8) is 0 Å². The lowest BCUT2D eigenvalue weighted by molar-refractivity contribution is 0.271. The molecule has 0 amide bonds. The molecule has 4 aromatic heterocycles. The molecule has 0 N–H and O–H groups in total. The number of fused-ring (bicyclic) bond motifs is 1. The number of hydrogen-bond acceptors (Lipinski definition) is 8. The van der Waals surface area contributed by atoms with Crippen LogP contribution in [0.5, 0.6) is 5.88 Å². The summed E-state index contributed by atoms with van der Waals surface area (Å²) in [4.78, 5) is 12.6. The van der Waals surface area contributed by atoms with E-state index in [0.29, 0.717) is 35.3 Å². The highest BCUT2D eigenvalue weighted by Crippen LogP contribution is 2.24. The fourth-order valence-electron chi connectivity index (χ4n) is 3.08. The second-order valence-electron chi connectivity index (χ2n) is 6.61. The summed E-state index contributed by atoms with van der Waals surface area (Å²) < 4.78 is 9.34. The van der Waals surface area contributed by atoms with E-state index in [1.165, 1.54) is 6.33 Å². The van der Waals surface area contributed by atoms with Crippen molar-refractivity contribution >= 4 is 5.65 Å². The van der Waals surface area contributed by atoms with Crippen LogP contribution in [0.3, 0.4) is 0 Å². The molecule has 0 aliphatic carbocycles. The second-order valence-corrected chi connectivity index (χ2v) is 6.61. The van der Waals surface area contributed by atoms with E-state index in [4.69, 9.17) is 4.74 Å². The van der Waals surface area contributed by atoms with Crippen molar-refractivity contribution < 1.29 is 4.74 Å². The molecule has 0 atom stereocenters. The smallest absolute Gasteiger partial charge is 0.235 e. The first kappa shape index (κ1) is 17.9. The van der Waals surface area contributed by atoms with E-state index in [0.717, 1.165) is 11.1 Å². The van der Waals surface area contributed by atoms with Crippen LogP contribution < -0.4 is 4.74 Å². The van der Waals surface area contributed by atoms with Gasteiger partial charge in [0.25, 0.3) is 0 Å². The van der Waals surface area contributed by atoms with E-state index in [2.05, 4.69) is 47.5 Å². The maximum atomic E-state index is 6.06. The minimum atomic E-state index is 0.236. The molecule has 0 unspecified atom stereocenters. The summed E-state index contributed by atoms with van der Waals surface area (Å²) in [5.41, 5.74) is 3.22. The average molecular weight is 399 g/mol. The molecule has 0 fully saturated rings. The van der Waals surface area contributed by atoms with Gasteiger partial charge < -0.3 is 4.74 Å². The van der Waals surface area contributed by atoms with Crippen LogP contribution in [0.15, 0.2) is 61.3 Å². The lowest BCUT2D eigenvalue weighted by Gasteiger charge is -2.11. The van der Waals surface area contributed by atoms with Crippen molar-refractivity contribution in [1.29, 1.82) is 0 Å². The maximum absolute atomic E-state index is 6.06. The highest BCUT2D eigenvalue weighted by Gasteiger charge is 2.17. The summed E-state index contributed by atoms with van der Waals surface area (Å²) in [6.07, 6.45) is 6.97. The van der Waals surface area contributed by atoms with Crippen molar-refractivity contribution in [3.05, 3.63) is 78.3 Å². The maximum Gasteiger partial charge on any atom is 0.235 e. The van der Waals surface area contributed by atoms with Crippen molar-refractivity contribution in [2.45, 2.75) is 13.0 Å². The summed E-state index contributed by atoms with van der Waals surface area (Å²) >= 11 is 0. The van der Waals surface area contributed by atoms with Gasteiger partial charge in [0.15, 0.2) is 11.5 Å². The molecule has 0 aliphatic heterocycles. The van der Waals surface area contributed by atoms with E-state index in [1.54, 1.807) is 27.8 Å². The zero-order valence-electron chi connectivity index (χ0n) is 16.1. The molecule has 0 aliphatic rings. The first-order chi connectivity index (χ1) is 14.8. The largest absolute Gasteiger partial charge is 0.468 e. The standard InChI is InChI=1S/C20H17N9O/c1-28-18(23-13-24-28)12-30-20-15(9-14-5-3-2-4-6-14)10-17-25-26-19(29(17)27-20)16-11-21-7-8-22-16/h2-8,10-11,13H,9,12H2,1H3. The van der Waals surface area contributed by atoms with Crippen molar-refractivity contribution in [2.75, 3.05) is 0 Å². The Balaban J connectivity index is 1.57. The van der Waals surface area contributed by atoms with E-state index in [1.807, 2.05) is 31.3 Å². The summed E-state index contributed by atoms with van der Waals surface area (Å²) in [5, 5.41) is 17.3. The third kappa shape index (κ3) is 3.46. The number of hydrogen-bond donors (Lipinski definition) is 0. The first-order valence-corrected chi connectivity index (χ1v) is 9.29. The molecule has 0 bridgehead atoms. The van der Waals surface area contributed by atoms with Gasteiger partial charge >= 0.3 is 0 Å². The molecule has 10 heteroatoms. The predicted octanol–water partition coefficient (Wildman–Crippen LogP) is 1.88. The molecule has 10 nitrogen and oxygen atoms in total. The first-order valence-electron chi connectivity index (χ1n) is 9.29. The fourth-order valence-corrected chi connectivity index (χ4v) is 3.08. The van der Waals surface area contributed by atoms with Crippen molar-refractivity contribution in [2.24, 2.45) is 7.05 Å². The zero-order valence-corrected chi connectivity index (χ0v) is 16.1. The third-order valence-corrected chi connectivity index (χ3v) is 4.61. The highest BCUT2D eigenvalue weighted by molar-refractivity contribution is 5.55. The van der Waals surface area contributed by atoms with Crippen LogP contribution in [-0.4, -0.2) is 44.5 Å². The van der Waals surface area contributed by atoms with Gasteiger partial charge in [-0.3, -0.25) is 9.67 Å². The average Bonchev–Trinajstić information content (AvgIpc) is 3.39. The number of nitrogens with zero attached hydrogens (tertiary/aromatic N) is 9. The fraction of sp³-hybridized carbons (Fsp3) is 0.150. The Morgan fingerprint density at radius 2 is 1.93 bits per heavy atom. The van der Waals surface area contributed by atoms with Crippen LogP contribution in [0, 0.1) is 0 Å². The molecule has 4 heterocycles. The molecule has 0 spiro atoms. The molecule has 5 aromatic rings. The predicted molar refractivity (Wildman–Crippen MR) is 106 cm³/mol. The van der Waals surface area contributed by atoms with Gasteiger partial charge in [-0.25, -0.2) is 9.97 Å². The number of aryl methyl sites for hydroxylation is 1. The van der Waals surface area contributed by atoms with E-state index in [9.17, 15) is 0 Å². The van der Waals surface area contributed by atoms with Crippen molar-refractivity contribution in [3.8, 4) is 17.4 Å². The Morgan fingerprint density at radius 3 is 2.70 bits per heavy atom. The molecule has 0 saturated heterocycles. The quantitative estimate of drug-likeness (QED) is 0.426. The molecule has 0 saturated carbocycles. The second kappa shape index (κ2) is 7.66. The van der Waals surface area contributed by atoms with Gasteiger partial charge in [0.05, 0.1) is 6.20 Å². The Bertz CT molecular complexity index is 1280. The summed E-state index contributed by atoms with van der Waals surface area (Å²) in [6.45, 7) is 0.236. The van der Waals surface area contributed by atoms with Gasteiger partial charge in [0.2, 0.25) is 11.7 Å². The van der Waals surface area contributed by atoms with Crippen LogP contribution in [0.25, 0.3) is 17.2 Å².